The molecule has 0 radical (unpaired) electrons. The fourth-order valence-corrected chi connectivity index (χ4v) is 7.34. The summed E-state index contributed by atoms with van der Waals surface area (Å²) >= 11 is 0. The lowest BCUT2D eigenvalue weighted by atomic mass is 9.96. The van der Waals surface area contributed by atoms with Crippen LogP contribution in [0.3, 0.4) is 0 Å². The Hall–Kier alpha value is -7.39. The summed E-state index contributed by atoms with van der Waals surface area (Å²) in [6.45, 7) is 0. The summed E-state index contributed by atoms with van der Waals surface area (Å²) in [7, 11) is 0. The number of hydrogen-bond acceptors (Lipinski definition) is 3. The van der Waals surface area contributed by atoms with Crippen molar-refractivity contribution in [3.8, 4) is 51.8 Å². The summed E-state index contributed by atoms with van der Waals surface area (Å²) in [6.07, 6.45) is 0. The van der Waals surface area contributed by atoms with Gasteiger partial charge in [-0.05, 0) is 95.6 Å². The van der Waals surface area contributed by atoms with Crippen LogP contribution in [0.25, 0.3) is 77.2 Å². The van der Waals surface area contributed by atoms with Gasteiger partial charge >= 0.3 is 0 Å². The molecule has 2 aromatic heterocycles. The molecule has 230 valence electrons. The van der Waals surface area contributed by atoms with Crippen LogP contribution in [0, 0.1) is 34.0 Å². The van der Waals surface area contributed by atoms with Crippen LogP contribution in [-0.4, -0.2) is 9.13 Å². The van der Waals surface area contributed by atoms with Crippen LogP contribution in [-0.2, 0) is 0 Å². The van der Waals surface area contributed by atoms with Crippen LogP contribution in [0.5, 0.6) is 0 Å². The number of aromatic nitrogens is 2. The standard InChI is InChI=1S/C45H25N5/c46-26-29-16-19-43-39(21-29)40-22-30(27-47)17-20-44(40)50(43)45-23-31(28-48)15-18-36(45)34-9-5-7-32(24-34)33-8-6-10-35(25-33)49-41-13-3-1-11-37(41)38-12-2-4-14-42(38)49/h1-25H. The molecule has 0 spiro atoms. The molecule has 0 saturated carbocycles. The third-order valence-electron chi connectivity index (χ3n) is 9.58. The van der Waals surface area contributed by atoms with Gasteiger partial charge in [0, 0.05) is 32.8 Å². The lowest BCUT2D eigenvalue weighted by molar-refractivity contribution is 1.18. The van der Waals surface area contributed by atoms with Gasteiger partial charge in [-0.1, -0.05) is 72.8 Å². The van der Waals surface area contributed by atoms with Gasteiger partial charge in [0.25, 0.3) is 0 Å². The maximum absolute atomic E-state index is 9.98. The van der Waals surface area contributed by atoms with Crippen molar-refractivity contribution in [2.45, 2.75) is 0 Å². The maximum Gasteiger partial charge on any atom is 0.0992 e. The Morgan fingerprint density at radius 2 is 0.860 bits per heavy atom. The molecular weight excluding hydrogens is 611 g/mol. The highest BCUT2D eigenvalue weighted by Crippen LogP contribution is 2.39. The van der Waals surface area contributed by atoms with Crippen molar-refractivity contribution in [2.75, 3.05) is 0 Å². The Kier molecular flexibility index (Phi) is 6.56. The number of nitriles is 3. The van der Waals surface area contributed by atoms with Crippen LogP contribution in [0.1, 0.15) is 16.7 Å². The monoisotopic (exact) mass is 635 g/mol. The highest BCUT2D eigenvalue weighted by atomic mass is 15.0. The van der Waals surface area contributed by atoms with Crippen molar-refractivity contribution in [3.63, 3.8) is 0 Å². The topological polar surface area (TPSA) is 81.2 Å². The Balaban J connectivity index is 1.23. The fourth-order valence-electron chi connectivity index (χ4n) is 7.34. The highest BCUT2D eigenvalue weighted by molar-refractivity contribution is 6.11. The van der Waals surface area contributed by atoms with Crippen LogP contribution < -0.4 is 0 Å². The molecule has 0 aliphatic carbocycles. The summed E-state index contributed by atoms with van der Waals surface area (Å²) in [6, 6.07) is 58.0. The van der Waals surface area contributed by atoms with Gasteiger partial charge < -0.3 is 9.13 Å². The molecule has 9 aromatic rings. The first-order chi connectivity index (χ1) is 24.6. The van der Waals surface area contributed by atoms with Crippen molar-refractivity contribution >= 4 is 43.6 Å². The first kappa shape index (κ1) is 28.8. The number of nitrogens with zero attached hydrogens (tertiary/aromatic N) is 5. The molecule has 0 aliphatic heterocycles. The molecule has 0 fully saturated rings. The number of para-hydroxylation sites is 2. The molecule has 0 unspecified atom stereocenters. The van der Waals surface area contributed by atoms with E-state index in [1.807, 2.05) is 54.6 Å². The molecule has 0 N–H and O–H groups in total. The number of fused-ring (bicyclic) bond motifs is 6. The normalized spacial score (nSPS) is 11.1. The van der Waals surface area contributed by atoms with Crippen LogP contribution in [0.2, 0.25) is 0 Å². The third kappa shape index (κ3) is 4.45. The Morgan fingerprint density at radius 3 is 1.48 bits per heavy atom. The summed E-state index contributed by atoms with van der Waals surface area (Å²) in [5.74, 6) is 0. The Labute approximate surface area is 287 Å². The minimum absolute atomic E-state index is 0.538. The predicted molar refractivity (Wildman–Crippen MR) is 200 cm³/mol. The molecule has 50 heavy (non-hydrogen) atoms. The van der Waals surface area contributed by atoms with Gasteiger partial charge in [-0.25, -0.2) is 0 Å². The fraction of sp³-hybridized carbons (Fsp3) is 0. The van der Waals surface area contributed by atoms with Crippen LogP contribution in [0.15, 0.2) is 152 Å². The predicted octanol–water partition coefficient (Wildman–Crippen LogP) is 10.8. The van der Waals surface area contributed by atoms with E-state index in [9.17, 15) is 15.8 Å². The average molecular weight is 636 g/mol. The van der Waals surface area contributed by atoms with Gasteiger partial charge in [0.05, 0.1) is 62.7 Å². The summed E-state index contributed by atoms with van der Waals surface area (Å²) < 4.78 is 4.47. The molecule has 0 bridgehead atoms. The summed E-state index contributed by atoms with van der Waals surface area (Å²) in [5, 5.41) is 33.6. The van der Waals surface area contributed by atoms with Crippen molar-refractivity contribution in [1.29, 1.82) is 15.8 Å². The second-order valence-electron chi connectivity index (χ2n) is 12.4. The van der Waals surface area contributed by atoms with Gasteiger partial charge in [0.15, 0.2) is 0 Å². The molecule has 7 aromatic carbocycles. The smallest absolute Gasteiger partial charge is 0.0992 e. The molecule has 9 rings (SSSR count). The van der Waals surface area contributed by atoms with E-state index in [1.54, 1.807) is 0 Å². The zero-order valence-corrected chi connectivity index (χ0v) is 26.7. The maximum atomic E-state index is 9.98. The van der Waals surface area contributed by atoms with E-state index < -0.39 is 0 Å². The molecule has 5 nitrogen and oxygen atoms in total. The molecule has 0 saturated heterocycles. The molecule has 0 atom stereocenters. The Morgan fingerprint density at radius 1 is 0.360 bits per heavy atom. The first-order valence-corrected chi connectivity index (χ1v) is 16.3. The van der Waals surface area contributed by atoms with Gasteiger partial charge in [-0.3, -0.25) is 0 Å². The van der Waals surface area contributed by atoms with Gasteiger partial charge in [-0.15, -0.1) is 0 Å². The molecule has 2 heterocycles. The van der Waals surface area contributed by atoms with Gasteiger partial charge in [0.2, 0.25) is 0 Å². The minimum atomic E-state index is 0.538. The molecule has 5 heteroatoms. The number of rotatable bonds is 4. The SMILES string of the molecule is N#Cc1ccc(-c2cccc(-c3cccc(-n4c5ccccc5c5ccccc54)c3)c2)c(-n2c3ccc(C#N)cc3c3cc(C#N)ccc32)c1. The zero-order valence-electron chi connectivity index (χ0n) is 26.7. The minimum Gasteiger partial charge on any atom is -0.309 e. The third-order valence-corrected chi connectivity index (χ3v) is 9.58. The number of benzene rings is 7. The van der Waals surface area contributed by atoms with E-state index in [-0.39, 0.29) is 0 Å². The molecule has 0 amide bonds. The summed E-state index contributed by atoms with van der Waals surface area (Å²) in [4.78, 5) is 0. The van der Waals surface area contributed by atoms with Crippen molar-refractivity contribution in [2.24, 2.45) is 0 Å². The second-order valence-corrected chi connectivity index (χ2v) is 12.4. The van der Waals surface area contributed by atoms with Crippen molar-refractivity contribution in [3.05, 3.63) is 168 Å². The van der Waals surface area contributed by atoms with E-state index >= 15 is 0 Å². The van der Waals surface area contributed by atoms with E-state index in [4.69, 9.17) is 0 Å². The quantitative estimate of drug-likeness (QED) is 0.193. The Bertz CT molecular complexity index is 2850. The van der Waals surface area contributed by atoms with E-state index in [1.165, 1.54) is 10.8 Å². The lowest BCUT2D eigenvalue weighted by Crippen LogP contribution is -1.99. The van der Waals surface area contributed by atoms with Crippen LogP contribution in [0.4, 0.5) is 0 Å². The highest BCUT2D eigenvalue weighted by Gasteiger charge is 2.18. The average Bonchev–Trinajstić information content (AvgIpc) is 3.69. The van der Waals surface area contributed by atoms with Gasteiger partial charge in [-0.2, -0.15) is 15.8 Å². The van der Waals surface area contributed by atoms with Crippen molar-refractivity contribution < 1.29 is 0 Å². The van der Waals surface area contributed by atoms with E-state index in [0.29, 0.717) is 16.7 Å². The second kappa shape index (κ2) is 11.4. The summed E-state index contributed by atoms with van der Waals surface area (Å²) in [5.41, 5.74) is 11.8. The van der Waals surface area contributed by atoms with Crippen molar-refractivity contribution in [1.82, 2.24) is 9.13 Å². The largest absolute Gasteiger partial charge is 0.309 e. The first-order valence-electron chi connectivity index (χ1n) is 16.3. The molecule has 0 aliphatic rings. The number of hydrogen-bond donors (Lipinski definition) is 0. The van der Waals surface area contributed by atoms with Crippen LogP contribution >= 0.6 is 0 Å². The lowest BCUT2D eigenvalue weighted by Gasteiger charge is -2.16. The van der Waals surface area contributed by atoms with E-state index in [0.717, 1.165) is 66.5 Å². The van der Waals surface area contributed by atoms with Gasteiger partial charge in [0.1, 0.15) is 0 Å². The zero-order chi connectivity index (χ0) is 33.8. The van der Waals surface area contributed by atoms with E-state index in [2.05, 4.69) is 124 Å². The molecular formula is C45H25N5.